The highest BCUT2D eigenvalue weighted by Crippen LogP contribution is 2.20. The van der Waals surface area contributed by atoms with Gasteiger partial charge in [-0.3, -0.25) is 0 Å². The second kappa shape index (κ2) is 4.55. The Labute approximate surface area is 101 Å². The maximum absolute atomic E-state index is 13.6. The minimum atomic E-state index is -0.848. The molecule has 1 heterocycles. The Kier molecular flexibility index (Phi) is 3.30. The highest BCUT2D eigenvalue weighted by molar-refractivity contribution is 7.98. The Morgan fingerprint density at radius 3 is 2.88 bits per heavy atom. The quantitative estimate of drug-likeness (QED) is 0.854. The van der Waals surface area contributed by atoms with E-state index >= 15 is 0 Å². The molecule has 0 unspecified atom stereocenters. The van der Waals surface area contributed by atoms with E-state index in [9.17, 15) is 8.78 Å². The number of fused-ring (bicyclic) bond motifs is 1. The molecule has 0 bridgehead atoms. The second-order valence-electron chi connectivity index (χ2n) is 3.33. The number of aromatic amines is 1. The summed E-state index contributed by atoms with van der Waals surface area (Å²) in [5, 5.41) is 0. The molecule has 0 fully saturated rings. The van der Waals surface area contributed by atoms with Crippen LogP contribution >= 0.6 is 24.0 Å². The first-order chi connectivity index (χ1) is 7.65. The molecule has 0 spiro atoms. The van der Waals surface area contributed by atoms with Crippen LogP contribution in [0.3, 0.4) is 0 Å². The number of nitrogens with zero attached hydrogens (tertiary/aromatic N) is 1. The van der Waals surface area contributed by atoms with E-state index in [0.29, 0.717) is 16.8 Å². The molecular weight excluding hydrogens is 250 g/mol. The number of rotatable bonds is 3. The molecule has 1 N–H and O–H groups in total. The standard InChI is InChI=1S/C10H10F2N2S2/c1-16-5-4-14-9-7(13-10(14)15)3-2-6(11)8(9)12/h2-3H,4-5H2,1H3,(H,13,15). The molecule has 2 aromatic rings. The molecule has 16 heavy (non-hydrogen) atoms. The van der Waals surface area contributed by atoms with Crippen LogP contribution in [0.4, 0.5) is 8.78 Å². The van der Waals surface area contributed by atoms with Crippen LogP contribution in [0.15, 0.2) is 12.1 Å². The molecule has 0 radical (unpaired) electrons. The van der Waals surface area contributed by atoms with Crippen molar-refractivity contribution in [3.05, 3.63) is 28.5 Å². The zero-order chi connectivity index (χ0) is 11.7. The summed E-state index contributed by atoms with van der Waals surface area (Å²) in [6.45, 7) is 0.570. The van der Waals surface area contributed by atoms with Crippen LogP contribution in [0.25, 0.3) is 11.0 Å². The fraction of sp³-hybridized carbons (Fsp3) is 0.300. The van der Waals surface area contributed by atoms with E-state index in [0.717, 1.165) is 11.8 Å². The molecule has 2 nitrogen and oxygen atoms in total. The lowest BCUT2D eigenvalue weighted by molar-refractivity contribution is 0.512. The predicted molar refractivity (Wildman–Crippen MR) is 65.4 cm³/mol. The Bertz CT molecular complexity index is 574. The first-order valence-electron chi connectivity index (χ1n) is 4.70. The SMILES string of the molecule is CSCCn1c(=S)[nH]c2ccc(F)c(F)c21. The summed E-state index contributed by atoms with van der Waals surface area (Å²) in [5.41, 5.74) is 0.754. The molecule has 1 aromatic carbocycles. The average molecular weight is 260 g/mol. The lowest BCUT2D eigenvalue weighted by Crippen LogP contribution is -2.02. The number of halogens is 2. The topological polar surface area (TPSA) is 20.7 Å². The number of aryl methyl sites for hydroxylation is 1. The van der Waals surface area contributed by atoms with Gasteiger partial charge in [-0.1, -0.05) is 0 Å². The summed E-state index contributed by atoms with van der Waals surface area (Å²) >= 11 is 6.71. The first kappa shape index (κ1) is 11.6. The van der Waals surface area contributed by atoms with E-state index in [1.54, 1.807) is 16.3 Å². The third-order valence-electron chi connectivity index (χ3n) is 2.34. The lowest BCUT2D eigenvalue weighted by Gasteiger charge is -2.03. The molecular formula is C10H10F2N2S2. The largest absolute Gasteiger partial charge is 0.330 e. The molecule has 0 atom stereocenters. The number of nitrogens with one attached hydrogen (secondary N) is 1. The summed E-state index contributed by atoms with van der Waals surface area (Å²) in [4.78, 5) is 2.87. The van der Waals surface area contributed by atoms with E-state index in [2.05, 4.69) is 4.98 Å². The first-order valence-corrected chi connectivity index (χ1v) is 6.51. The summed E-state index contributed by atoms with van der Waals surface area (Å²) in [6.07, 6.45) is 1.95. The van der Waals surface area contributed by atoms with E-state index in [1.165, 1.54) is 6.07 Å². The predicted octanol–water partition coefficient (Wildman–Crippen LogP) is 3.34. The van der Waals surface area contributed by atoms with Crippen molar-refractivity contribution in [2.45, 2.75) is 6.54 Å². The Morgan fingerprint density at radius 2 is 2.19 bits per heavy atom. The number of imidazole rings is 1. The van der Waals surface area contributed by atoms with Crippen LogP contribution in [0.1, 0.15) is 0 Å². The molecule has 0 saturated heterocycles. The highest BCUT2D eigenvalue weighted by atomic mass is 32.2. The highest BCUT2D eigenvalue weighted by Gasteiger charge is 2.13. The Morgan fingerprint density at radius 1 is 1.44 bits per heavy atom. The lowest BCUT2D eigenvalue weighted by atomic mass is 10.3. The van der Waals surface area contributed by atoms with Gasteiger partial charge in [-0.25, -0.2) is 8.78 Å². The molecule has 2 rings (SSSR count). The van der Waals surface area contributed by atoms with Gasteiger partial charge in [0.25, 0.3) is 0 Å². The fourth-order valence-electron chi connectivity index (χ4n) is 1.58. The summed E-state index contributed by atoms with van der Waals surface area (Å²) < 4.78 is 28.8. The van der Waals surface area contributed by atoms with Gasteiger partial charge in [0.2, 0.25) is 0 Å². The number of hydrogen-bond donors (Lipinski definition) is 1. The van der Waals surface area contributed by atoms with Gasteiger partial charge in [0.1, 0.15) is 5.52 Å². The molecule has 0 aliphatic carbocycles. The minimum Gasteiger partial charge on any atom is -0.330 e. The van der Waals surface area contributed by atoms with Crippen molar-refractivity contribution in [1.29, 1.82) is 0 Å². The van der Waals surface area contributed by atoms with Gasteiger partial charge in [0.05, 0.1) is 5.52 Å². The molecule has 0 aliphatic heterocycles. The zero-order valence-electron chi connectivity index (χ0n) is 8.59. The maximum Gasteiger partial charge on any atom is 0.184 e. The van der Waals surface area contributed by atoms with Gasteiger partial charge < -0.3 is 9.55 Å². The van der Waals surface area contributed by atoms with Crippen LogP contribution in [0, 0.1) is 16.4 Å². The van der Waals surface area contributed by atoms with Crippen LogP contribution in [0.5, 0.6) is 0 Å². The molecule has 0 saturated carbocycles. The third-order valence-corrected chi connectivity index (χ3v) is 3.26. The van der Waals surface area contributed by atoms with Crippen molar-refractivity contribution in [2.24, 2.45) is 0 Å². The number of thioether (sulfide) groups is 1. The van der Waals surface area contributed by atoms with Crippen LogP contribution in [0.2, 0.25) is 0 Å². The van der Waals surface area contributed by atoms with Gasteiger partial charge in [0.15, 0.2) is 16.4 Å². The van der Waals surface area contributed by atoms with E-state index in [-0.39, 0.29) is 5.52 Å². The van der Waals surface area contributed by atoms with Crippen molar-refractivity contribution in [3.63, 3.8) is 0 Å². The smallest absolute Gasteiger partial charge is 0.184 e. The van der Waals surface area contributed by atoms with Crippen molar-refractivity contribution >= 4 is 35.0 Å². The van der Waals surface area contributed by atoms with Crippen LogP contribution in [-0.4, -0.2) is 21.6 Å². The van der Waals surface area contributed by atoms with Gasteiger partial charge in [0, 0.05) is 12.3 Å². The molecule has 86 valence electrons. The van der Waals surface area contributed by atoms with Crippen molar-refractivity contribution in [3.8, 4) is 0 Å². The Balaban J connectivity index is 2.66. The molecule has 0 amide bonds. The number of aromatic nitrogens is 2. The average Bonchev–Trinajstić information content (AvgIpc) is 2.58. The van der Waals surface area contributed by atoms with Gasteiger partial charge in [-0.2, -0.15) is 11.8 Å². The summed E-state index contributed by atoms with van der Waals surface area (Å²) in [7, 11) is 0. The summed E-state index contributed by atoms with van der Waals surface area (Å²) in [6, 6.07) is 2.60. The molecule has 1 aromatic heterocycles. The molecule has 6 heteroatoms. The summed E-state index contributed by atoms with van der Waals surface area (Å²) in [5.74, 6) is -0.887. The maximum atomic E-state index is 13.6. The van der Waals surface area contributed by atoms with Crippen molar-refractivity contribution in [1.82, 2.24) is 9.55 Å². The Hall–Kier alpha value is -0.880. The monoisotopic (exact) mass is 260 g/mol. The van der Waals surface area contributed by atoms with Gasteiger partial charge in [-0.15, -0.1) is 0 Å². The number of hydrogen-bond acceptors (Lipinski definition) is 2. The van der Waals surface area contributed by atoms with E-state index < -0.39 is 11.6 Å². The molecule has 0 aliphatic rings. The van der Waals surface area contributed by atoms with Crippen LogP contribution in [-0.2, 0) is 6.54 Å². The van der Waals surface area contributed by atoms with Crippen LogP contribution < -0.4 is 0 Å². The number of benzene rings is 1. The van der Waals surface area contributed by atoms with Gasteiger partial charge >= 0.3 is 0 Å². The fourth-order valence-corrected chi connectivity index (χ4v) is 2.24. The minimum absolute atomic E-state index is 0.221. The van der Waals surface area contributed by atoms with E-state index in [4.69, 9.17) is 12.2 Å². The number of H-pyrrole nitrogens is 1. The van der Waals surface area contributed by atoms with Gasteiger partial charge in [-0.05, 0) is 30.6 Å². The van der Waals surface area contributed by atoms with Crippen molar-refractivity contribution in [2.75, 3.05) is 12.0 Å². The van der Waals surface area contributed by atoms with E-state index in [1.807, 2.05) is 6.26 Å². The normalized spacial score (nSPS) is 11.2. The second-order valence-corrected chi connectivity index (χ2v) is 4.70. The third kappa shape index (κ3) is 1.87. The van der Waals surface area contributed by atoms with Crippen molar-refractivity contribution < 1.29 is 8.78 Å². The zero-order valence-corrected chi connectivity index (χ0v) is 10.2.